The second kappa shape index (κ2) is 6.67. The highest BCUT2D eigenvalue weighted by molar-refractivity contribution is 5.88. The van der Waals surface area contributed by atoms with Crippen LogP contribution in [0.25, 0.3) is 33.3 Å². The fourth-order valence-electron chi connectivity index (χ4n) is 3.03. The molecule has 4 rings (SSSR count). The van der Waals surface area contributed by atoms with Gasteiger partial charge in [0.2, 0.25) is 0 Å². The Bertz CT molecular complexity index is 1160. The van der Waals surface area contributed by atoms with Crippen molar-refractivity contribution in [3.8, 4) is 28.3 Å². The van der Waals surface area contributed by atoms with Crippen LogP contribution >= 0.6 is 0 Å². The lowest BCUT2D eigenvalue weighted by Crippen LogP contribution is -2.05. The van der Waals surface area contributed by atoms with E-state index in [2.05, 4.69) is 10.2 Å². The third-order valence-electron chi connectivity index (χ3n) is 4.50. The van der Waals surface area contributed by atoms with Gasteiger partial charge in [0.25, 0.3) is 0 Å². The van der Waals surface area contributed by atoms with Crippen molar-refractivity contribution in [1.82, 2.24) is 10.2 Å². The molecule has 4 aromatic rings. The number of hydrogen-bond donors (Lipinski definition) is 1. The summed E-state index contributed by atoms with van der Waals surface area (Å²) in [6.45, 7) is 0. The number of aromatic amines is 1. The molecule has 3 nitrogen and oxygen atoms in total. The lowest BCUT2D eigenvalue weighted by molar-refractivity contribution is -0.137. The molecule has 3 aromatic carbocycles. The Hall–Kier alpha value is -3.35. The minimum atomic E-state index is -4.55. The van der Waals surface area contributed by atoms with E-state index in [1.54, 1.807) is 7.11 Å². The van der Waals surface area contributed by atoms with Crippen molar-refractivity contribution >= 4 is 10.8 Å². The molecule has 0 fully saturated rings. The smallest absolute Gasteiger partial charge is 0.416 e. The summed E-state index contributed by atoms with van der Waals surface area (Å²) in [5.41, 5.74) is 0.337. The van der Waals surface area contributed by atoms with Crippen LogP contribution in [-0.2, 0) is 6.18 Å². The molecule has 1 aromatic heterocycles. The van der Waals surface area contributed by atoms with Crippen molar-refractivity contribution in [2.45, 2.75) is 6.18 Å². The van der Waals surface area contributed by atoms with Crippen molar-refractivity contribution < 1.29 is 22.3 Å². The number of methoxy groups -OCH3 is 1. The van der Waals surface area contributed by atoms with Crippen LogP contribution in [0, 0.1) is 5.82 Å². The van der Waals surface area contributed by atoms with Crippen LogP contribution in [0.15, 0.2) is 60.7 Å². The van der Waals surface area contributed by atoms with Gasteiger partial charge in [0, 0.05) is 11.1 Å². The SMILES string of the molecule is COc1ccc2cc(-c3cc(-c4cc(C(F)(F)F)ccc4F)[nH]n3)ccc2c1. The molecule has 1 heterocycles. The highest BCUT2D eigenvalue weighted by atomic mass is 19.4. The molecule has 142 valence electrons. The van der Waals surface area contributed by atoms with Gasteiger partial charge in [-0.05, 0) is 53.2 Å². The molecule has 0 spiro atoms. The van der Waals surface area contributed by atoms with Gasteiger partial charge in [-0.3, -0.25) is 5.10 Å². The Kier molecular flexibility index (Phi) is 4.30. The molecular weight excluding hydrogens is 372 g/mol. The van der Waals surface area contributed by atoms with Crippen LogP contribution in [0.2, 0.25) is 0 Å². The first-order chi connectivity index (χ1) is 13.3. The van der Waals surface area contributed by atoms with E-state index in [1.165, 1.54) is 6.07 Å². The molecule has 0 bridgehead atoms. The zero-order valence-electron chi connectivity index (χ0n) is 14.6. The number of alkyl halides is 3. The lowest BCUT2D eigenvalue weighted by atomic mass is 10.0. The Morgan fingerprint density at radius 1 is 0.893 bits per heavy atom. The Morgan fingerprint density at radius 2 is 1.64 bits per heavy atom. The maximum atomic E-state index is 14.1. The van der Waals surface area contributed by atoms with E-state index < -0.39 is 17.6 Å². The van der Waals surface area contributed by atoms with Crippen molar-refractivity contribution in [2.75, 3.05) is 7.11 Å². The van der Waals surface area contributed by atoms with Crippen molar-refractivity contribution in [3.05, 3.63) is 72.0 Å². The van der Waals surface area contributed by atoms with Gasteiger partial charge in [0.1, 0.15) is 11.6 Å². The normalized spacial score (nSPS) is 11.8. The molecular formula is C21H14F4N2O. The number of aromatic nitrogens is 2. The fourth-order valence-corrected chi connectivity index (χ4v) is 3.03. The minimum absolute atomic E-state index is 0.174. The monoisotopic (exact) mass is 386 g/mol. The number of H-pyrrole nitrogens is 1. The maximum absolute atomic E-state index is 14.1. The number of fused-ring (bicyclic) bond motifs is 1. The molecule has 28 heavy (non-hydrogen) atoms. The third-order valence-corrected chi connectivity index (χ3v) is 4.50. The van der Waals surface area contributed by atoms with E-state index >= 15 is 0 Å². The summed E-state index contributed by atoms with van der Waals surface area (Å²) < 4.78 is 58.1. The highest BCUT2D eigenvalue weighted by Gasteiger charge is 2.31. The number of nitrogens with one attached hydrogen (secondary N) is 1. The maximum Gasteiger partial charge on any atom is 0.416 e. The average molecular weight is 386 g/mol. The van der Waals surface area contributed by atoms with Crippen LogP contribution in [0.1, 0.15) is 5.56 Å². The largest absolute Gasteiger partial charge is 0.497 e. The summed E-state index contributed by atoms with van der Waals surface area (Å²) in [4.78, 5) is 0. The molecule has 0 aliphatic heterocycles. The number of nitrogens with zero attached hydrogens (tertiary/aromatic N) is 1. The lowest BCUT2D eigenvalue weighted by Gasteiger charge is -2.08. The summed E-state index contributed by atoms with van der Waals surface area (Å²) in [6, 6.07) is 15.1. The van der Waals surface area contributed by atoms with Crippen molar-refractivity contribution in [3.63, 3.8) is 0 Å². The van der Waals surface area contributed by atoms with Gasteiger partial charge in [-0.15, -0.1) is 0 Å². The van der Waals surface area contributed by atoms with Gasteiger partial charge in [0.15, 0.2) is 0 Å². The average Bonchev–Trinajstić information content (AvgIpc) is 3.16. The number of halogens is 4. The molecule has 7 heteroatoms. The van der Waals surface area contributed by atoms with Crippen LogP contribution < -0.4 is 4.74 Å². The molecule has 0 amide bonds. The van der Waals surface area contributed by atoms with E-state index in [0.29, 0.717) is 11.8 Å². The quantitative estimate of drug-likeness (QED) is 0.435. The van der Waals surface area contributed by atoms with Crippen LogP contribution in [0.4, 0.5) is 17.6 Å². The van der Waals surface area contributed by atoms with Gasteiger partial charge in [-0.1, -0.05) is 18.2 Å². The summed E-state index contributed by atoms with van der Waals surface area (Å²) in [5, 5.41) is 8.69. The molecule has 0 aliphatic carbocycles. The summed E-state index contributed by atoms with van der Waals surface area (Å²) in [7, 11) is 1.59. The zero-order valence-corrected chi connectivity index (χ0v) is 14.6. The molecule has 0 saturated carbocycles. The first-order valence-electron chi connectivity index (χ1n) is 8.36. The first-order valence-corrected chi connectivity index (χ1v) is 8.36. The molecule has 0 radical (unpaired) electrons. The van der Waals surface area contributed by atoms with Gasteiger partial charge < -0.3 is 4.74 Å². The molecule has 1 N–H and O–H groups in total. The Balaban J connectivity index is 1.73. The molecule has 0 saturated heterocycles. The number of ether oxygens (including phenoxy) is 1. The molecule has 0 atom stereocenters. The van der Waals surface area contributed by atoms with Gasteiger partial charge >= 0.3 is 6.18 Å². The minimum Gasteiger partial charge on any atom is -0.497 e. The topological polar surface area (TPSA) is 37.9 Å². The van der Waals surface area contributed by atoms with E-state index in [0.717, 1.165) is 34.2 Å². The van der Waals surface area contributed by atoms with Gasteiger partial charge in [-0.2, -0.15) is 18.3 Å². The molecule has 0 aliphatic rings. The van der Waals surface area contributed by atoms with Gasteiger partial charge in [0.05, 0.1) is 24.1 Å². The Morgan fingerprint density at radius 3 is 2.39 bits per heavy atom. The fraction of sp³-hybridized carbons (Fsp3) is 0.0952. The second-order valence-electron chi connectivity index (χ2n) is 6.29. The highest BCUT2D eigenvalue weighted by Crippen LogP contribution is 2.34. The van der Waals surface area contributed by atoms with Gasteiger partial charge in [-0.25, -0.2) is 4.39 Å². The summed E-state index contributed by atoms with van der Waals surface area (Å²) in [5.74, 6) is -0.0175. The summed E-state index contributed by atoms with van der Waals surface area (Å²) >= 11 is 0. The van der Waals surface area contributed by atoms with Crippen molar-refractivity contribution in [2.24, 2.45) is 0 Å². The van der Waals surface area contributed by atoms with E-state index in [-0.39, 0.29) is 11.3 Å². The van der Waals surface area contributed by atoms with Crippen LogP contribution in [-0.4, -0.2) is 17.3 Å². The summed E-state index contributed by atoms with van der Waals surface area (Å²) in [6.07, 6.45) is -4.55. The van der Waals surface area contributed by atoms with E-state index in [4.69, 9.17) is 4.74 Å². The number of rotatable bonds is 3. The second-order valence-corrected chi connectivity index (χ2v) is 6.29. The first kappa shape index (κ1) is 18.0. The van der Waals surface area contributed by atoms with Crippen LogP contribution in [0.3, 0.4) is 0 Å². The van der Waals surface area contributed by atoms with E-state index in [1.807, 2.05) is 36.4 Å². The van der Waals surface area contributed by atoms with E-state index in [9.17, 15) is 17.6 Å². The third kappa shape index (κ3) is 3.31. The predicted molar refractivity (Wildman–Crippen MR) is 98.5 cm³/mol. The van der Waals surface area contributed by atoms with Crippen LogP contribution in [0.5, 0.6) is 5.75 Å². The number of hydrogen-bond acceptors (Lipinski definition) is 2. The van der Waals surface area contributed by atoms with Crippen molar-refractivity contribution in [1.29, 1.82) is 0 Å². The number of benzene rings is 3. The molecule has 0 unspecified atom stereocenters. The zero-order chi connectivity index (χ0) is 19.9. The predicted octanol–water partition coefficient (Wildman–Crippen LogP) is 6.06. The Labute approximate surface area is 157 Å². The standard InChI is InChI=1S/C21H14F4N2O/c1-28-16-6-4-12-8-14(3-2-13(12)9-16)19-11-20(27-26-19)17-10-15(21(23,24)25)5-7-18(17)22/h2-11H,1H3,(H,26,27).